The van der Waals surface area contributed by atoms with E-state index in [9.17, 15) is 9.59 Å². The van der Waals surface area contributed by atoms with Crippen molar-refractivity contribution in [3.05, 3.63) is 47.6 Å². The maximum Gasteiger partial charge on any atom is 0.251 e. The van der Waals surface area contributed by atoms with Crippen molar-refractivity contribution >= 4 is 23.2 Å². The lowest BCUT2D eigenvalue weighted by Gasteiger charge is -2.09. The van der Waals surface area contributed by atoms with E-state index in [1.807, 2.05) is 0 Å². The second-order valence-electron chi connectivity index (χ2n) is 4.18. The first-order chi connectivity index (χ1) is 9.11. The van der Waals surface area contributed by atoms with Gasteiger partial charge in [-0.05, 0) is 12.1 Å². The molecule has 5 heteroatoms. The van der Waals surface area contributed by atoms with E-state index in [1.54, 1.807) is 43.5 Å². The summed E-state index contributed by atoms with van der Waals surface area (Å²) < 4.78 is 0. The van der Waals surface area contributed by atoms with E-state index in [0.717, 1.165) is 0 Å². The Morgan fingerprint density at radius 1 is 1.11 bits per heavy atom. The lowest BCUT2D eigenvalue weighted by molar-refractivity contribution is -0.117. The van der Waals surface area contributed by atoms with Gasteiger partial charge in [-0.2, -0.15) is 0 Å². The maximum atomic E-state index is 12.0. The van der Waals surface area contributed by atoms with Gasteiger partial charge in [0.2, 0.25) is 5.91 Å². The fourth-order valence-corrected chi connectivity index (χ4v) is 1.81. The molecule has 0 atom stereocenters. The van der Waals surface area contributed by atoms with Crippen LogP contribution in [0.5, 0.6) is 0 Å². The molecule has 0 bridgehead atoms. The zero-order chi connectivity index (χ0) is 13.8. The van der Waals surface area contributed by atoms with Gasteiger partial charge in [-0.3, -0.25) is 9.59 Å². The Kier molecular flexibility index (Phi) is 3.66. The number of carbonyl (C=O) groups excluding carboxylic acids is 2. The molecule has 98 valence electrons. The van der Waals surface area contributed by atoms with E-state index < -0.39 is 0 Å². The van der Waals surface area contributed by atoms with Crippen molar-refractivity contribution < 1.29 is 9.59 Å². The standard InChI is InChI=1S/C14H15N3O2/c1-16-13(18)9-6-7-10(8-9)14(19)17-12-5-3-2-4-11(12)15/h2-7H,8,15H2,1H3,(H,16,18)(H,17,19). The predicted molar refractivity (Wildman–Crippen MR) is 74.3 cm³/mol. The summed E-state index contributed by atoms with van der Waals surface area (Å²) in [7, 11) is 1.56. The van der Waals surface area contributed by atoms with E-state index in [1.165, 1.54) is 0 Å². The number of amides is 2. The maximum absolute atomic E-state index is 12.0. The van der Waals surface area contributed by atoms with Gasteiger partial charge in [-0.1, -0.05) is 24.3 Å². The van der Waals surface area contributed by atoms with Crippen molar-refractivity contribution in [2.75, 3.05) is 18.1 Å². The van der Waals surface area contributed by atoms with Crippen molar-refractivity contribution in [2.24, 2.45) is 0 Å². The molecule has 5 nitrogen and oxygen atoms in total. The number of anilines is 2. The number of hydrogen-bond donors (Lipinski definition) is 3. The molecule has 0 radical (unpaired) electrons. The second-order valence-corrected chi connectivity index (χ2v) is 4.18. The van der Waals surface area contributed by atoms with Crippen LogP contribution in [-0.2, 0) is 9.59 Å². The van der Waals surface area contributed by atoms with Gasteiger partial charge in [-0.15, -0.1) is 0 Å². The Hall–Kier alpha value is -2.56. The minimum atomic E-state index is -0.243. The highest BCUT2D eigenvalue weighted by Gasteiger charge is 2.19. The number of nitrogens with two attached hydrogens (primary N) is 1. The number of para-hydroxylation sites is 2. The van der Waals surface area contributed by atoms with Gasteiger partial charge in [-0.25, -0.2) is 0 Å². The van der Waals surface area contributed by atoms with Gasteiger partial charge in [0.25, 0.3) is 5.91 Å². The molecule has 4 N–H and O–H groups in total. The summed E-state index contributed by atoms with van der Waals surface area (Å²) in [6.45, 7) is 0. The fourth-order valence-electron chi connectivity index (χ4n) is 1.81. The third-order valence-corrected chi connectivity index (χ3v) is 2.89. The first-order valence-corrected chi connectivity index (χ1v) is 5.89. The van der Waals surface area contributed by atoms with Crippen molar-refractivity contribution in [1.82, 2.24) is 5.32 Å². The summed E-state index contributed by atoms with van der Waals surface area (Å²) in [5.41, 5.74) is 7.95. The van der Waals surface area contributed by atoms with Gasteiger partial charge in [0, 0.05) is 24.6 Å². The van der Waals surface area contributed by atoms with Crippen LogP contribution in [0.1, 0.15) is 6.42 Å². The van der Waals surface area contributed by atoms with Crippen LogP contribution in [0, 0.1) is 0 Å². The zero-order valence-electron chi connectivity index (χ0n) is 10.6. The van der Waals surface area contributed by atoms with Crippen LogP contribution in [0.15, 0.2) is 47.6 Å². The number of rotatable bonds is 3. The average Bonchev–Trinajstić information content (AvgIpc) is 2.90. The summed E-state index contributed by atoms with van der Waals surface area (Å²) in [4.78, 5) is 23.5. The quantitative estimate of drug-likeness (QED) is 0.712. The summed E-state index contributed by atoms with van der Waals surface area (Å²) in [5, 5.41) is 5.27. The van der Waals surface area contributed by atoms with Gasteiger partial charge in [0.1, 0.15) is 0 Å². The molecule has 0 aliphatic heterocycles. The molecule has 2 amide bonds. The van der Waals surface area contributed by atoms with Gasteiger partial charge in [0.15, 0.2) is 0 Å². The van der Waals surface area contributed by atoms with Crippen LogP contribution < -0.4 is 16.4 Å². The molecule has 1 aromatic carbocycles. The highest BCUT2D eigenvalue weighted by Crippen LogP contribution is 2.22. The molecule has 19 heavy (non-hydrogen) atoms. The van der Waals surface area contributed by atoms with Gasteiger partial charge < -0.3 is 16.4 Å². The predicted octanol–water partition coefficient (Wildman–Crippen LogP) is 1.21. The minimum absolute atomic E-state index is 0.168. The normalized spacial score (nSPS) is 13.5. The molecule has 0 saturated heterocycles. The van der Waals surface area contributed by atoms with E-state index in [2.05, 4.69) is 10.6 Å². The third-order valence-electron chi connectivity index (χ3n) is 2.89. The molecule has 1 aromatic rings. The lowest BCUT2D eigenvalue weighted by atomic mass is 10.1. The monoisotopic (exact) mass is 257 g/mol. The molecule has 1 aliphatic carbocycles. The number of nitrogens with one attached hydrogen (secondary N) is 2. The van der Waals surface area contributed by atoms with E-state index in [-0.39, 0.29) is 11.8 Å². The van der Waals surface area contributed by atoms with Crippen molar-refractivity contribution in [1.29, 1.82) is 0 Å². The van der Waals surface area contributed by atoms with Crippen LogP contribution >= 0.6 is 0 Å². The van der Waals surface area contributed by atoms with Crippen molar-refractivity contribution in [3.63, 3.8) is 0 Å². The van der Waals surface area contributed by atoms with E-state index in [0.29, 0.717) is 28.9 Å². The Balaban J connectivity index is 2.01. The van der Waals surface area contributed by atoms with Crippen LogP contribution in [0.2, 0.25) is 0 Å². The minimum Gasteiger partial charge on any atom is -0.397 e. The summed E-state index contributed by atoms with van der Waals surface area (Å²) in [6, 6.07) is 7.04. The van der Waals surface area contributed by atoms with Crippen LogP contribution in [-0.4, -0.2) is 18.9 Å². The summed E-state index contributed by atoms with van der Waals surface area (Å²) in [6.07, 6.45) is 3.64. The Bertz CT molecular complexity index is 588. The zero-order valence-corrected chi connectivity index (χ0v) is 10.6. The second kappa shape index (κ2) is 5.39. The molecule has 0 fully saturated rings. The van der Waals surface area contributed by atoms with E-state index in [4.69, 9.17) is 5.73 Å². The Morgan fingerprint density at radius 3 is 2.37 bits per heavy atom. The third kappa shape index (κ3) is 2.82. The number of likely N-dealkylation sites (N-methyl/N-ethyl adjacent to an activating group) is 1. The Morgan fingerprint density at radius 2 is 1.74 bits per heavy atom. The number of nitrogen functional groups attached to an aromatic ring is 1. The molecule has 0 unspecified atom stereocenters. The van der Waals surface area contributed by atoms with E-state index >= 15 is 0 Å². The Labute approximate surface area is 111 Å². The SMILES string of the molecule is CNC(=O)C1=CC=C(C(=O)Nc2ccccc2N)C1. The molecule has 0 aromatic heterocycles. The molecule has 0 spiro atoms. The lowest BCUT2D eigenvalue weighted by Crippen LogP contribution is -2.21. The average molecular weight is 257 g/mol. The molecule has 2 rings (SSSR count). The molecular weight excluding hydrogens is 242 g/mol. The largest absolute Gasteiger partial charge is 0.397 e. The smallest absolute Gasteiger partial charge is 0.251 e. The van der Waals surface area contributed by atoms with Gasteiger partial charge in [0.05, 0.1) is 11.4 Å². The van der Waals surface area contributed by atoms with Crippen LogP contribution in [0.3, 0.4) is 0 Å². The summed E-state index contributed by atoms with van der Waals surface area (Å²) in [5.74, 6) is -0.411. The number of benzene rings is 1. The summed E-state index contributed by atoms with van der Waals surface area (Å²) >= 11 is 0. The molecule has 1 aliphatic rings. The van der Waals surface area contributed by atoms with Crippen molar-refractivity contribution in [2.45, 2.75) is 6.42 Å². The number of carbonyl (C=O) groups is 2. The molecule has 0 saturated carbocycles. The van der Waals surface area contributed by atoms with Crippen molar-refractivity contribution in [3.8, 4) is 0 Å². The van der Waals surface area contributed by atoms with Crippen LogP contribution in [0.25, 0.3) is 0 Å². The highest BCUT2D eigenvalue weighted by atomic mass is 16.2. The fraction of sp³-hybridized carbons (Fsp3) is 0.143. The number of hydrogen-bond acceptors (Lipinski definition) is 3. The first kappa shape index (κ1) is 12.9. The molecular formula is C14H15N3O2. The van der Waals surface area contributed by atoms with Gasteiger partial charge >= 0.3 is 0 Å². The topological polar surface area (TPSA) is 84.2 Å². The number of allylic oxidation sites excluding steroid dienone is 2. The van der Waals surface area contributed by atoms with Crippen LogP contribution in [0.4, 0.5) is 11.4 Å². The first-order valence-electron chi connectivity index (χ1n) is 5.89. The molecule has 0 heterocycles. The highest BCUT2D eigenvalue weighted by molar-refractivity contribution is 6.08.